The monoisotopic (exact) mass is 2070 g/mol. The third-order valence-electron chi connectivity index (χ3n) is 21.5. The summed E-state index contributed by atoms with van der Waals surface area (Å²) in [7, 11) is 0. The predicted octanol–water partition coefficient (Wildman–Crippen LogP) is 22.2. The molecule has 2 unspecified atom stereocenters. The van der Waals surface area contributed by atoms with Crippen molar-refractivity contribution in [3.05, 3.63) is 350 Å². The highest BCUT2D eigenvalue weighted by atomic mass is 32.2. The van der Waals surface area contributed by atoms with Crippen molar-refractivity contribution < 1.29 is 127 Å². The Kier molecular flexibility index (Phi) is 22.2. The smallest absolute Gasteiger partial charge is 0.336 e. The van der Waals surface area contributed by atoms with E-state index in [1.165, 1.54) is 60.7 Å². The lowest BCUT2D eigenvalue weighted by Gasteiger charge is -2.28. The maximum absolute atomic E-state index is 15.0. The maximum Gasteiger partial charge on any atom is 0.416 e. The average Bonchev–Trinajstić information content (AvgIpc) is 1.51. The number of thioether (sulfide) groups is 3. The van der Waals surface area contributed by atoms with E-state index in [4.69, 9.17) is 52.1 Å². The molecule has 0 radical (unpaired) electrons. The molecular formula is C110H118F12N12O6S3. The molecule has 3 heterocycles. The first kappa shape index (κ1) is 63.4. The van der Waals surface area contributed by atoms with Crippen molar-refractivity contribution in [1.29, 1.82) is 0 Å². The van der Waals surface area contributed by atoms with E-state index in [-0.39, 0.29) is 61.8 Å². The molecule has 12 aromatic rings. The van der Waals surface area contributed by atoms with E-state index in [1.807, 2.05) is 0 Å². The number of benzene rings is 9. The number of alkyl halides is 9. The molecule has 9 aromatic carbocycles. The number of fused-ring (bicyclic) bond motifs is 3. The van der Waals surface area contributed by atoms with Gasteiger partial charge in [0.2, 0.25) is 17.7 Å². The van der Waals surface area contributed by atoms with Gasteiger partial charge in [-0.2, -0.15) is 54.5 Å². The molecule has 0 N–H and O–H groups in total. The molecule has 3 aromatic heterocycles. The van der Waals surface area contributed by atoms with Crippen LogP contribution >= 0.6 is 35.3 Å². The summed E-state index contributed by atoms with van der Waals surface area (Å²) in [5, 5.41) is -1.92. The molecule has 2 atom stereocenters. The number of hydrogen-bond acceptors (Lipinski definition) is 15. The fraction of sp³-hybridized carbons (Fsp3) is 0.373. The van der Waals surface area contributed by atoms with E-state index in [1.54, 1.807) is 24.3 Å². The van der Waals surface area contributed by atoms with Crippen LogP contribution in [0.25, 0.3) is 33.4 Å². The third kappa shape index (κ3) is 29.7. The summed E-state index contributed by atoms with van der Waals surface area (Å²) in [6.45, 7) is -22.4. The molecule has 756 valence electrons. The van der Waals surface area contributed by atoms with Crippen LogP contribution in [-0.2, 0) is 128 Å². The number of likely N-dealkylation sites (N-methyl/N-ethyl adjacent to an activating group) is 3. The summed E-state index contributed by atoms with van der Waals surface area (Å²) in [6.07, 6.45) is -26.5. The number of nitrogens with zero attached hydrogens (tertiary/aromatic N) is 12. The van der Waals surface area contributed by atoms with Gasteiger partial charge in [-0.15, -0.1) is 0 Å². The van der Waals surface area contributed by atoms with E-state index in [9.17, 15) is 84.9 Å². The Morgan fingerprint density at radius 2 is 0.657 bits per heavy atom. The lowest BCUT2D eigenvalue weighted by molar-refractivity contribution is -0.138. The van der Waals surface area contributed by atoms with Crippen LogP contribution < -0.4 is 16.7 Å². The molecule has 3 aliphatic carbocycles. The molecule has 0 saturated carbocycles. The third-order valence-corrected chi connectivity index (χ3v) is 24.5. The second-order valence-electron chi connectivity index (χ2n) is 31.1. The largest absolute Gasteiger partial charge is 0.416 e. The Balaban J connectivity index is 0.000000228. The fourth-order valence-corrected chi connectivity index (χ4v) is 16.8. The van der Waals surface area contributed by atoms with Gasteiger partial charge < -0.3 is 43.1 Å². The molecular weight excluding hydrogens is 1910 g/mol. The SMILES string of the molecule is [2H]c1c([2H])c(-c2c([2H])c([2H])c(C(F)(F)F)c([2H])c2[2H])c([2H])c([2H])c1CN(CCN(C([2H])([2H])C)C([2H])([2H])C)C(=O)C([2H])([2H])n1c(SCc2ccc(F)cc2)nc(=O)c2c1C([2H])([2H])C([2H])(C)C2([2H])[2H].[2H]c1c([2H])c(CSc2nc(=O)c3c(n2C([2H])([2H])C(=O)N(CCN(C([2H])([2H])C)C([2H])([2H])C)Cc2ccc(-c4ccc(C(F)(F)F)cc4)cc2)C([2H])([2H])C([2H])(C)C3([2H])[2H])c([2H])c([2H])c1F.[2H]c1c([2H])c(CSc2nc(=O)c3c(n2C([2H])([2H])C(=O)N(CCN(C([2H])([2H])C)C([2H])([2H])C)Cc2ccc(-c4ccc(C(F)(F)F)cc4)cc2)CCC3)c([2H])c([2H])c1F. The number of hydrogen-bond donors (Lipinski definition) is 0. The van der Waals surface area contributed by atoms with Gasteiger partial charge in [0.1, 0.15) is 36.9 Å². The van der Waals surface area contributed by atoms with Crippen molar-refractivity contribution >= 4 is 53.0 Å². The summed E-state index contributed by atoms with van der Waals surface area (Å²) in [5.41, 5.74) is -11.9. The molecule has 0 fully saturated rings. The van der Waals surface area contributed by atoms with E-state index in [0.717, 1.165) is 116 Å². The molecule has 0 aliphatic heterocycles. The van der Waals surface area contributed by atoms with Gasteiger partial charge in [0.15, 0.2) is 15.5 Å². The van der Waals surface area contributed by atoms with Gasteiger partial charge in [0.25, 0.3) is 16.7 Å². The molecule has 3 aliphatic rings. The average molecular weight is 2070 g/mol. The van der Waals surface area contributed by atoms with Gasteiger partial charge in [-0.05, 0) is 235 Å². The van der Waals surface area contributed by atoms with Gasteiger partial charge in [0, 0.05) is 140 Å². The van der Waals surface area contributed by atoms with Crippen LogP contribution in [-0.4, -0.2) is 154 Å². The maximum atomic E-state index is 15.0. The topological polar surface area (TPSA) is 175 Å². The van der Waals surface area contributed by atoms with Crippen LogP contribution in [0.1, 0.15) is 206 Å². The van der Waals surface area contributed by atoms with Crippen molar-refractivity contribution in [2.45, 2.75) is 191 Å². The van der Waals surface area contributed by atoms with E-state index in [2.05, 4.69) is 15.0 Å². The lowest BCUT2D eigenvalue weighted by atomic mass is 10.0. The summed E-state index contributed by atoms with van der Waals surface area (Å²) >= 11 is 1.49. The van der Waals surface area contributed by atoms with Crippen LogP contribution in [0.5, 0.6) is 0 Å². The minimum Gasteiger partial charge on any atom is -0.336 e. The number of halogens is 12. The summed E-state index contributed by atoms with van der Waals surface area (Å²) in [6, 6.07) is 8.29. The first-order valence-electron chi connectivity index (χ1n) is 65.4. The zero-order valence-electron chi connectivity index (χ0n) is 121. The van der Waals surface area contributed by atoms with Gasteiger partial charge in [0.05, 0.1) is 46.8 Å². The summed E-state index contributed by atoms with van der Waals surface area (Å²) in [4.78, 5) is 101. The van der Waals surface area contributed by atoms with Gasteiger partial charge >= 0.3 is 18.5 Å². The fourth-order valence-electron chi connectivity index (χ4n) is 14.2. The van der Waals surface area contributed by atoms with Crippen molar-refractivity contribution in [2.24, 2.45) is 11.8 Å². The first-order chi connectivity index (χ1) is 85.2. The van der Waals surface area contributed by atoms with Crippen molar-refractivity contribution in [3.8, 4) is 33.4 Å². The Labute approximate surface area is 900 Å². The van der Waals surface area contributed by atoms with Gasteiger partial charge in [-0.1, -0.05) is 236 Å². The molecule has 15 rings (SSSR count). The molecule has 143 heavy (non-hydrogen) atoms. The Bertz CT molecular complexity index is 8850. The second kappa shape index (κ2) is 50.1. The van der Waals surface area contributed by atoms with Gasteiger partial charge in [-0.25, -0.2) is 13.2 Å². The first-order valence-corrected chi connectivity index (χ1v) is 46.3. The number of aromatic nitrogens is 6. The zero-order chi connectivity index (χ0) is 141. The number of carbonyl (C=O) groups is 3. The lowest BCUT2D eigenvalue weighted by Crippen LogP contribution is -2.40. The highest BCUT2D eigenvalue weighted by Gasteiger charge is 2.36. The molecule has 0 saturated heterocycles. The van der Waals surface area contributed by atoms with Crippen molar-refractivity contribution in [2.75, 3.05) is 78.2 Å². The van der Waals surface area contributed by atoms with Crippen LogP contribution in [0.2, 0.25) is 0 Å². The highest BCUT2D eigenvalue weighted by Crippen LogP contribution is 2.38. The summed E-state index contributed by atoms with van der Waals surface area (Å²) in [5.74, 6) is -15.1. The Hall–Kier alpha value is -11.9. The molecule has 0 bridgehead atoms. The standard InChI is InChI=1S/2C37H40F4N4O2S.C36H38F4N4O2S/c2*1-4-43(5-2)18-19-44(22-26-6-10-28(11-7-26)29-12-14-30(15-13-29)37(39,40)41)34(46)23-45-33-21-25(3)20-32(33)35(47)42-36(45)48-24-27-8-16-31(38)17-9-27;1-3-42(4-2)20-21-43(22-25-8-12-27(13-9-25)28-14-16-29(17-15-28)36(38,39)40)33(45)23-44-32-7-5-6-31(32)34(46)41-35(44)47-24-26-10-18-30(37)19-11-26/h2*6-17,25H,4-5,18-24H2,1-3H3;8-19H,3-7,20-24H2,1-2H3/i4D2,5D2,6D,7D,10D,11D,12D,13D,14D,15D,20D2,21D2,23D2,25D;4D2,5D2,8D,9D,16D,17D,20D2,21D2,23D2,25D;3D2,4D2,10D,11D,18D,19D,23D2. The van der Waals surface area contributed by atoms with Crippen molar-refractivity contribution in [1.82, 2.24) is 58.1 Å². The van der Waals surface area contributed by atoms with E-state index >= 15 is 4.79 Å². The molecule has 33 heteroatoms. The van der Waals surface area contributed by atoms with Crippen LogP contribution in [0.3, 0.4) is 0 Å². The zero-order valence-corrected chi connectivity index (χ0v) is 79.7. The quantitative estimate of drug-likeness (QED) is 0.0202. The van der Waals surface area contributed by atoms with E-state index < -0.39 is 398 Å². The molecule has 18 nitrogen and oxygen atoms in total. The number of amides is 3. The summed E-state index contributed by atoms with van der Waals surface area (Å²) < 4.78 is 540. The second-order valence-corrected chi connectivity index (χ2v) is 33.9. The predicted molar refractivity (Wildman–Crippen MR) is 539 cm³/mol. The highest BCUT2D eigenvalue weighted by molar-refractivity contribution is 7.98. The van der Waals surface area contributed by atoms with E-state index in [0.29, 0.717) is 84.9 Å². The molecule has 3 amide bonds. The minimum absolute atomic E-state index is 0.173. The van der Waals surface area contributed by atoms with Gasteiger partial charge in [-0.3, -0.25) is 28.8 Å². The minimum atomic E-state index is -5.38. The number of rotatable bonds is 39. The molecule has 0 spiro atoms. The van der Waals surface area contributed by atoms with Crippen LogP contribution in [0.15, 0.2) is 248 Å². The van der Waals surface area contributed by atoms with Crippen LogP contribution in [0.4, 0.5) is 52.7 Å². The normalized spacial score (nSPS) is 21.7. The number of carbonyl (C=O) groups excluding carboxylic acids is 3. The Morgan fingerprint density at radius 3 is 1.00 bits per heavy atom. The Morgan fingerprint density at radius 1 is 0.357 bits per heavy atom. The van der Waals surface area contributed by atoms with Crippen molar-refractivity contribution in [3.63, 3.8) is 0 Å². The van der Waals surface area contributed by atoms with Crippen LogP contribution in [0, 0.1) is 29.2 Å².